The third-order valence-corrected chi connectivity index (χ3v) is 5.21. The van der Waals surface area contributed by atoms with Gasteiger partial charge < -0.3 is 19.9 Å². The fourth-order valence-electron chi connectivity index (χ4n) is 4.00. The van der Waals surface area contributed by atoms with E-state index in [9.17, 15) is 14.7 Å². The van der Waals surface area contributed by atoms with Gasteiger partial charge in [0.2, 0.25) is 0 Å². The standard InChI is InChI=1S/C22H27NO5/c1-13-18(21(26)28-10-9-27-4)19(14-5-7-15(24)8-6-14)20-16(23-13)11-22(2,3)12-17(20)25/h5-8,19,23-24H,9-12H2,1-4H3. The summed E-state index contributed by atoms with van der Waals surface area (Å²) in [5, 5.41) is 13.0. The van der Waals surface area contributed by atoms with E-state index in [0.717, 1.165) is 17.7 Å². The second kappa shape index (κ2) is 7.80. The lowest BCUT2D eigenvalue weighted by molar-refractivity contribution is -0.140. The highest BCUT2D eigenvalue weighted by Crippen LogP contribution is 2.46. The molecule has 6 nitrogen and oxygen atoms in total. The number of dihydropyridines is 1. The minimum atomic E-state index is -0.518. The van der Waals surface area contributed by atoms with Gasteiger partial charge in [0, 0.05) is 36.4 Å². The van der Waals surface area contributed by atoms with E-state index < -0.39 is 11.9 Å². The lowest BCUT2D eigenvalue weighted by Gasteiger charge is -2.39. The van der Waals surface area contributed by atoms with Crippen molar-refractivity contribution in [3.05, 3.63) is 52.4 Å². The highest BCUT2D eigenvalue weighted by Gasteiger charge is 2.43. The molecule has 1 atom stereocenters. The van der Waals surface area contributed by atoms with Gasteiger partial charge in [0.1, 0.15) is 12.4 Å². The number of hydrogen-bond acceptors (Lipinski definition) is 6. The van der Waals surface area contributed by atoms with Crippen LogP contribution >= 0.6 is 0 Å². The molecule has 0 spiro atoms. The van der Waals surface area contributed by atoms with Crippen LogP contribution in [0.3, 0.4) is 0 Å². The monoisotopic (exact) mass is 385 g/mol. The summed E-state index contributed by atoms with van der Waals surface area (Å²) < 4.78 is 10.3. The quantitative estimate of drug-likeness (QED) is 0.598. The number of Topliss-reactive ketones (excluding diaryl/α,β-unsaturated/α-hetero) is 1. The Labute approximate surface area is 165 Å². The van der Waals surface area contributed by atoms with E-state index in [2.05, 4.69) is 19.2 Å². The minimum Gasteiger partial charge on any atom is -0.508 e. The Balaban J connectivity index is 2.07. The molecular formula is C22H27NO5. The van der Waals surface area contributed by atoms with Crippen LogP contribution < -0.4 is 5.32 Å². The number of allylic oxidation sites excluding steroid dienone is 3. The van der Waals surface area contributed by atoms with Crippen LogP contribution in [-0.4, -0.2) is 37.2 Å². The molecular weight excluding hydrogens is 358 g/mol. The molecule has 1 aromatic rings. The van der Waals surface area contributed by atoms with E-state index in [1.165, 1.54) is 0 Å². The molecule has 0 aromatic heterocycles. The van der Waals surface area contributed by atoms with Gasteiger partial charge >= 0.3 is 5.97 Å². The third-order valence-electron chi connectivity index (χ3n) is 5.21. The molecule has 1 heterocycles. The van der Waals surface area contributed by atoms with Gasteiger partial charge in [-0.25, -0.2) is 4.79 Å². The van der Waals surface area contributed by atoms with E-state index >= 15 is 0 Å². The first-order chi connectivity index (χ1) is 13.2. The van der Waals surface area contributed by atoms with E-state index in [0.29, 0.717) is 29.9 Å². The van der Waals surface area contributed by atoms with Gasteiger partial charge in [-0.2, -0.15) is 0 Å². The number of hydrogen-bond donors (Lipinski definition) is 2. The largest absolute Gasteiger partial charge is 0.508 e. The lowest BCUT2D eigenvalue weighted by atomic mass is 9.68. The molecule has 28 heavy (non-hydrogen) atoms. The maximum absolute atomic E-state index is 13.1. The molecule has 150 valence electrons. The first-order valence-electron chi connectivity index (χ1n) is 9.42. The minimum absolute atomic E-state index is 0.0338. The number of carbonyl (C=O) groups is 2. The molecule has 3 rings (SSSR count). The van der Waals surface area contributed by atoms with E-state index in [-0.39, 0.29) is 23.6 Å². The number of rotatable bonds is 5. The van der Waals surface area contributed by atoms with Crippen LogP contribution in [0.1, 0.15) is 45.1 Å². The summed E-state index contributed by atoms with van der Waals surface area (Å²) in [5.74, 6) is -0.820. The Kier molecular flexibility index (Phi) is 5.61. The van der Waals surface area contributed by atoms with Crippen molar-refractivity contribution in [1.29, 1.82) is 0 Å². The normalized spacial score (nSPS) is 21.3. The molecule has 0 saturated carbocycles. The van der Waals surface area contributed by atoms with Crippen molar-refractivity contribution in [3.63, 3.8) is 0 Å². The molecule has 1 aliphatic heterocycles. The molecule has 1 aromatic carbocycles. The average Bonchev–Trinajstić information content (AvgIpc) is 2.60. The lowest BCUT2D eigenvalue weighted by Crippen LogP contribution is -2.38. The van der Waals surface area contributed by atoms with Gasteiger partial charge in [-0.1, -0.05) is 26.0 Å². The second-order valence-electron chi connectivity index (χ2n) is 8.15. The molecule has 1 aliphatic carbocycles. The molecule has 6 heteroatoms. The van der Waals surface area contributed by atoms with Gasteiger partial charge in [-0.3, -0.25) is 4.79 Å². The Morgan fingerprint density at radius 3 is 2.54 bits per heavy atom. The van der Waals surface area contributed by atoms with Gasteiger partial charge in [-0.05, 0) is 36.5 Å². The molecule has 1 unspecified atom stereocenters. The summed E-state index contributed by atoms with van der Waals surface area (Å²) in [6, 6.07) is 6.63. The number of methoxy groups -OCH3 is 1. The highest BCUT2D eigenvalue weighted by atomic mass is 16.6. The van der Waals surface area contributed by atoms with E-state index in [4.69, 9.17) is 9.47 Å². The van der Waals surface area contributed by atoms with Crippen molar-refractivity contribution in [2.24, 2.45) is 5.41 Å². The summed E-state index contributed by atoms with van der Waals surface area (Å²) in [7, 11) is 1.54. The maximum atomic E-state index is 13.1. The highest BCUT2D eigenvalue weighted by molar-refractivity contribution is 6.04. The van der Waals surface area contributed by atoms with E-state index in [1.807, 2.05) is 6.92 Å². The van der Waals surface area contributed by atoms with Crippen LogP contribution in [0, 0.1) is 5.41 Å². The molecule has 0 fully saturated rings. The second-order valence-corrected chi connectivity index (χ2v) is 8.15. The molecule has 0 radical (unpaired) electrons. The van der Waals surface area contributed by atoms with Gasteiger partial charge in [0.25, 0.3) is 0 Å². The van der Waals surface area contributed by atoms with Crippen LogP contribution in [0.15, 0.2) is 46.8 Å². The fourth-order valence-corrected chi connectivity index (χ4v) is 4.00. The number of ketones is 1. The Morgan fingerprint density at radius 1 is 1.21 bits per heavy atom. The maximum Gasteiger partial charge on any atom is 0.336 e. The van der Waals surface area contributed by atoms with E-state index in [1.54, 1.807) is 31.4 Å². The number of phenolic OH excluding ortho intramolecular Hbond substituents is 1. The van der Waals surface area contributed by atoms with Gasteiger partial charge in [0.15, 0.2) is 5.78 Å². The summed E-state index contributed by atoms with van der Waals surface area (Å²) in [6.45, 7) is 6.41. The Bertz CT molecular complexity index is 848. The predicted octanol–water partition coefficient (Wildman–Crippen LogP) is 3.19. The van der Waals surface area contributed by atoms with Crippen LogP contribution in [0.5, 0.6) is 5.75 Å². The molecule has 0 saturated heterocycles. The average molecular weight is 385 g/mol. The third kappa shape index (κ3) is 3.97. The zero-order valence-corrected chi connectivity index (χ0v) is 16.8. The number of esters is 1. The van der Waals surface area contributed by atoms with Crippen molar-refractivity contribution in [3.8, 4) is 5.75 Å². The Morgan fingerprint density at radius 2 is 1.89 bits per heavy atom. The van der Waals surface area contributed by atoms with Crippen molar-refractivity contribution in [2.75, 3.05) is 20.3 Å². The Hall–Kier alpha value is -2.60. The summed E-state index contributed by atoms with van der Waals surface area (Å²) >= 11 is 0. The first-order valence-corrected chi connectivity index (χ1v) is 9.42. The predicted molar refractivity (Wildman–Crippen MR) is 105 cm³/mol. The molecule has 0 bridgehead atoms. The zero-order valence-electron chi connectivity index (χ0n) is 16.8. The SMILES string of the molecule is COCCOC(=O)C1=C(C)NC2=C(C(=O)CC(C)(C)C2)C1c1ccc(O)cc1. The summed E-state index contributed by atoms with van der Waals surface area (Å²) in [6.07, 6.45) is 1.15. The van der Waals surface area contributed by atoms with Gasteiger partial charge in [-0.15, -0.1) is 0 Å². The molecule has 0 amide bonds. The number of phenols is 1. The smallest absolute Gasteiger partial charge is 0.336 e. The van der Waals surface area contributed by atoms with Crippen molar-refractivity contribution in [2.45, 2.75) is 39.5 Å². The number of ether oxygens (including phenoxy) is 2. The fraction of sp³-hybridized carbons (Fsp3) is 0.455. The topological polar surface area (TPSA) is 84.9 Å². The van der Waals surface area contributed by atoms with Crippen molar-refractivity contribution < 1.29 is 24.2 Å². The summed E-state index contributed by atoms with van der Waals surface area (Å²) in [5.41, 5.74) is 3.23. The van der Waals surface area contributed by atoms with Gasteiger partial charge in [0.05, 0.1) is 12.2 Å². The van der Waals surface area contributed by atoms with Crippen LogP contribution in [0.25, 0.3) is 0 Å². The molecule has 2 aliphatic rings. The van der Waals surface area contributed by atoms with Crippen molar-refractivity contribution >= 4 is 11.8 Å². The first kappa shape index (κ1) is 20.1. The zero-order chi connectivity index (χ0) is 20.5. The molecule has 2 N–H and O–H groups in total. The number of aromatic hydroxyl groups is 1. The number of carbonyl (C=O) groups excluding carboxylic acids is 2. The van der Waals surface area contributed by atoms with Crippen LogP contribution in [0.2, 0.25) is 0 Å². The number of nitrogens with one attached hydrogen (secondary N) is 1. The van der Waals surface area contributed by atoms with Crippen molar-refractivity contribution in [1.82, 2.24) is 5.32 Å². The van der Waals surface area contributed by atoms with Crippen LogP contribution in [0.4, 0.5) is 0 Å². The summed E-state index contributed by atoms with van der Waals surface area (Å²) in [4.78, 5) is 26.0. The van der Waals surface area contributed by atoms with Crippen LogP contribution in [-0.2, 0) is 19.1 Å². The number of benzene rings is 1.